The van der Waals surface area contributed by atoms with Crippen molar-refractivity contribution in [2.45, 2.75) is 64.2 Å². The summed E-state index contributed by atoms with van der Waals surface area (Å²) in [5, 5.41) is 0. The van der Waals surface area contributed by atoms with Crippen LogP contribution in [0.2, 0.25) is 0 Å². The molecule has 1 aromatic rings. The summed E-state index contributed by atoms with van der Waals surface area (Å²) in [5.74, 6) is 0.823. The molecule has 0 N–H and O–H groups in total. The van der Waals surface area contributed by atoms with E-state index in [9.17, 15) is 9.59 Å². The first kappa shape index (κ1) is 21.4. The topological polar surface area (TPSA) is 49.9 Å². The van der Waals surface area contributed by atoms with Crippen LogP contribution in [0.4, 0.5) is 0 Å². The fraction of sp³-hybridized carbons (Fsp3) is 0.680. The Morgan fingerprint density at radius 2 is 1.63 bits per heavy atom. The van der Waals surface area contributed by atoms with E-state index in [1.807, 2.05) is 4.90 Å². The molecule has 5 heteroatoms. The standard InChI is InChI=1S/C25H36N2O3/c1-24(2,3)18-23(29)26-10-8-25(9-11-26)17-19(20-6-4-5-7-21(20)25)16-22(28)27-12-14-30-15-13-27/h4-7,19H,8-18H2,1-3H3/t19-/m0/s1. The van der Waals surface area contributed by atoms with E-state index in [-0.39, 0.29) is 28.6 Å². The SMILES string of the molecule is CC(C)(C)CC(=O)N1CCC2(CC1)C[C@H](CC(=O)N1CCOCC1)c1ccccc12. The van der Waals surface area contributed by atoms with Gasteiger partial charge in [-0.25, -0.2) is 0 Å². The van der Waals surface area contributed by atoms with Gasteiger partial charge in [0.05, 0.1) is 13.2 Å². The van der Waals surface area contributed by atoms with Gasteiger partial charge in [-0.2, -0.15) is 0 Å². The molecule has 30 heavy (non-hydrogen) atoms. The zero-order valence-electron chi connectivity index (χ0n) is 18.8. The van der Waals surface area contributed by atoms with Crippen LogP contribution in [-0.2, 0) is 19.7 Å². The van der Waals surface area contributed by atoms with E-state index in [4.69, 9.17) is 4.74 Å². The maximum Gasteiger partial charge on any atom is 0.223 e. The molecule has 2 aliphatic heterocycles. The van der Waals surface area contributed by atoms with Gasteiger partial charge in [0.2, 0.25) is 11.8 Å². The molecule has 1 atom stereocenters. The summed E-state index contributed by atoms with van der Waals surface area (Å²) in [6.45, 7) is 10.7. The Bertz CT molecular complexity index is 784. The molecule has 1 spiro atoms. The lowest BCUT2D eigenvalue weighted by Gasteiger charge is -2.41. The van der Waals surface area contributed by atoms with Crippen molar-refractivity contribution in [2.24, 2.45) is 5.41 Å². The molecule has 1 aliphatic carbocycles. The smallest absolute Gasteiger partial charge is 0.223 e. The van der Waals surface area contributed by atoms with Crippen LogP contribution in [0, 0.1) is 5.41 Å². The fourth-order valence-electron chi connectivity index (χ4n) is 5.59. The van der Waals surface area contributed by atoms with Crippen molar-refractivity contribution in [3.05, 3.63) is 35.4 Å². The average Bonchev–Trinajstić information content (AvgIpc) is 3.01. The molecule has 0 radical (unpaired) electrons. The first-order valence-electron chi connectivity index (χ1n) is 11.5. The zero-order chi connectivity index (χ0) is 21.4. The third-order valence-corrected chi connectivity index (χ3v) is 7.15. The summed E-state index contributed by atoms with van der Waals surface area (Å²) >= 11 is 0. The number of benzene rings is 1. The molecule has 0 unspecified atom stereocenters. The molecule has 0 aromatic heterocycles. The summed E-state index contributed by atoms with van der Waals surface area (Å²) in [7, 11) is 0. The quantitative estimate of drug-likeness (QED) is 0.760. The molecule has 164 valence electrons. The maximum atomic E-state index is 12.9. The van der Waals surface area contributed by atoms with Crippen LogP contribution < -0.4 is 0 Å². The highest BCUT2D eigenvalue weighted by Gasteiger charge is 2.46. The van der Waals surface area contributed by atoms with E-state index in [0.29, 0.717) is 39.1 Å². The van der Waals surface area contributed by atoms with Crippen molar-refractivity contribution < 1.29 is 14.3 Å². The van der Waals surface area contributed by atoms with E-state index in [1.54, 1.807) is 0 Å². The molecule has 2 fully saturated rings. The van der Waals surface area contributed by atoms with Gasteiger partial charge in [0.15, 0.2) is 0 Å². The van der Waals surface area contributed by atoms with Gasteiger partial charge in [0.1, 0.15) is 0 Å². The van der Waals surface area contributed by atoms with Crippen molar-refractivity contribution in [1.29, 1.82) is 0 Å². The number of ether oxygens (including phenoxy) is 1. The van der Waals surface area contributed by atoms with Crippen molar-refractivity contribution in [1.82, 2.24) is 9.80 Å². The van der Waals surface area contributed by atoms with Crippen LogP contribution in [0.5, 0.6) is 0 Å². The molecular weight excluding hydrogens is 376 g/mol. The Morgan fingerprint density at radius 3 is 2.30 bits per heavy atom. The highest BCUT2D eigenvalue weighted by atomic mass is 16.5. The predicted octanol–water partition coefficient (Wildman–Crippen LogP) is 3.72. The summed E-state index contributed by atoms with van der Waals surface area (Å²) in [6.07, 6.45) is 4.23. The molecule has 0 saturated carbocycles. The minimum atomic E-state index is 0.0249. The lowest BCUT2D eigenvalue weighted by molar-refractivity contribution is -0.135. The van der Waals surface area contributed by atoms with E-state index < -0.39 is 0 Å². The second-order valence-corrected chi connectivity index (χ2v) is 10.6. The maximum absolute atomic E-state index is 12.9. The number of likely N-dealkylation sites (tertiary alicyclic amines) is 1. The molecular formula is C25H36N2O3. The predicted molar refractivity (Wildman–Crippen MR) is 117 cm³/mol. The number of carbonyl (C=O) groups excluding carboxylic acids is 2. The number of morpholine rings is 1. The number of amides is 2. The van der Waals surface area contributed by atoms with E-state index in [0.717, 1.165) is 32.4 Å². The molecule has 0 bridgehead atoms. The van der Waals surface area contributed by atoms with Crippen molar-refractivity contribution in [3.63, 3.8) is 0 Å². The van der Waals surface area contributed by atoms with Gasteiger partial charge in [0, 0.05) is 39.0 Å². The van der Waals surface area contributed by atoms with Crippen LogP contribution in [0.25, 0.3) is 0 Å². The largest absolute Gasteiger partial charge is 0.378 e. The first-order valence-corrected chi connectivity index (χ1v) is 11.5. The molecule has 4 rings (SSSR count). The lowest BCUT2D eigenvalue weighted by atomic mass is 9.73. The van der Waals surface area contributed by atoms with Gasteiger partial charge in [-0.05, 0) is 47.1 Å². The number of fused-ring (bicyclic) bond motifs is 2. The van der Waals surface area contributed by atoms with Crippen LogP contribution >= 0.6 is 0 Å². The van der Waals surface area contributed by atoms with E-state index in [1.165, 1.54) is 11.1 Å². The van der Waals surface area contributed by atoms with Crippen LogP contribution in [0.3, 0.4) is 0 Å². The number of hydrogen-bond acceptors (Lipinski definition) is 3. The first-order chi connectivity index (χ1) is 14.3. The molecule has 5 nitrogen and oxygen atoms in total. The number of carbonyl (C=O) groups is 2. The molecule has 3 aliphatic rings. The van der Waals surface area contributed by atoms with E-state index in [2.05, 4.69) is 49.9 Å². The summed E-state index contributed by atoms with van der Waals surface area (Å²) in [5.41, 5.74) is 2.92. The summed E-state index contributed by atoms with van der Waals surface area (Å²) in [4.78, 5) is 29.7. The molecule has 2 amide bonds. The second kappa shape index (κ2) is 8.33. The lowest BCUT2D eigenvalue weighted by Crippen LogP contribution is -2.45. The van der Waals surface area contributed by atoms with Gasteiger partial charge >= 0.3 is 0 Å². The van der Waals surface area contributed by atoms with Crippen molar-refractivity contribution in [2.75, 3.05) is 39.4 Å². The van der Waals surface area contributed by atoms with Crippen LogP contribution in [0.15, 0.2) is 24.3 Å². The fourth-order valence-corrected chi connectivity index (χ4v) is 5.59. The van der Waals surface area contributed by atoms with Crippen LogP contribution in [0.1, 0.15) is 69.9 Å². The van der Waals surface area contributed by atoms with E-state index >= 15 is 0 Å². The molecule has 2 heterocycles. The average molecular weight is 413 g/mol. The van der Waals surface area contributed by atoms with Crippen LogP contribution in [-0.4, -0.2) is 61.0 Å². The van der Waals surface area contributed by atoms with Gasteiger partial charge in [0.25, 0.3) is 0 Å². The third kappa shape index (κ3) is 4.41. The second-order valence-electron chi connectivity index (χ2n) is 10.6. The minimum Gasteiger partial charge on any atom is -0.378 e. The van der Waals surface area contributed by atoms with Gasteiger partial charge in [-0.15, -0.1) is 0 Å². The number of nitrogens with zero attached hydrogens (tertiary/aromatic N) is 2. The number of rotatable bonds is 3. The van der Waals surface area contributed by atoms with Crippen molar-refractivity contribution >= 4 is 11.8 Å². The van der Waals surface area contributed by atoms with Crippen molar-refractivity contribution in [3.8, 4) is 0 Å². The number of piperidine rings is 1. The Kier molecular flexibility index (Phi) is 5.93. The molecule has 1 aromatic carbocycles. The Balaban J connectivity index is 1.45. The zero-order valence-corrected chi connectivity index (χ0v) is 18.8. The van der Waals surface area contributed by atoms with Gasteiger partial charge in [-0.3, -0.25) is 9.59 Å². The highest BCUT2D eigenvalue weighted by Crippen LogP contribution is 2.52. The third-order valence-electron chi connectivity index (χ3n) is 7.15. The number of hydrogen-bond donors (Lipinski definition) is 0. The Hall–Kier alpha value is -1.88. The monoisotopic (exact) mass is 412 g/mol. The minimum absolute atomic E-state index is 0.0249. The molecule has 2 saturated heterocycles. The Morgan fingerprint density at radius 1 is 1.00 bits per heavy atom. The van der Waals surface area contributed by atoms with Gasteiger partial charge < -0.3 is 14.5 Å². The summed E-state index contributed by atoms with van der Waals surface area (Å²) < 4.78 is 5.40. The Labute approximate surface area is 180 Å². The highest BCUT2D eigenvalue weighted by molar-refractivity contribution is 5.78. The summed E-state index contributed by atoms with van der Waals surface area (Å²) in [6, 6.07) is 8.72. The van der Waals surface area contributed by atoms with Gasteiger partial charge in [-0.1, -0.05) is 45.0 Å². The normalized spacial score (nSPS) is 23.5.